The van der Waals surface area contributed by atoms with Crippen molar-refractivity contribution in [1.82, 2.24) is 14.5 Å². The lowest BCUT2D eigenvalue weighted by atomic mass is 10.1. The number of thioether (sulfide) groups is 1. The van der Waals surface area contributed by atoms with E-state index in [2.05, 4.69) is 23.4 Å². The zero-order chi connectivity index (χ0) is 21.7. The summed E-state index contributed by atoms with van der Waals surface area (Å²) in [7, 11) is 0. The first-order valence-electron chi connectivity index (χ1n) is 10.6. The highest BCUT2D eigenvalue weighted by Crippen LogP contribution is 2.28. The number of hydrogen-bond donors (Lipinski definition) is 1. The summed E-state index contributed by atoms with van der Waals surface area (Å²) in [6.45, 7) is 7.13. The van der Waals surface area contributed by atoms with Crippen LogP contribution < -0.4 is 5.73 Å². The number of pyridine rings is 1. The lowest BCUT2D eigenvalue weighted by Crippen LogP contribution is -2.06. The van der Waals surface area contributed by atoms with Crippen molar-refractivity contribution in [2.75, 3.05) is 11.5 Å². The van der Waals surface area contributed by atoms with Crippen LogP contribution in [0, 0.1) is 25.5 Å². The predicted octanol–water partition coefficient (Wildman–Crippen LogP) is 6.21. The van der Waals surface area contributed by atoms with Gasteiger partial charge in [0.05, 0.1) is 5.52 Å². The minimum atomic E-state index is -0.537. The number of nitrogen functional groups attached to an aromatic ring is 1. The van der Waals surface area contributed by atoms with Crippen molar-refractivity contribution < 1.29 is 8.78 Å². The second kappa shape index (κ2) is 10.2. The van der Waals surface area contributed by atoms with Gasteiger partial charge in [0.2, 0.25) is 0 Å². The maximum absolute atomic E-state index is 13.7. The molecule has 1 aromatic carbocycles. The molecule has 0 aliphatic heterocycles. The Hall–Kier alpha value is -2.15. The summed E-state index contributed by atoms with van der Waals surface area (Å²) >= 11 is 1.44. The maximum atomic E-state index is 13.7. The quantitative estimate of drug-likeness (QED) is 0.305. The Morgan fingerprint density at radius 2 is 1.87 bits per heavy atom. The first-order valence-corrected chi connectivity index (χ1v) is 11.6. The van der Waals surface area contributed by atoms with Gasteiger partial charge in [-0.15, -0.1) is 11.8 Å². The van der Waals surface area contributed by atoms with Gasteiger partial charge in [0.25, 0.3) is 0 Å². The van der Waals surface area contributed by atoms with Crippen molar-refractivity contribution in [3.05, 3.63) is 46.9 Å². The van der Waals surface area contributed by atoms with E-state index in [1.54, 1.807) is 0 Å². The molecule has 30 heavy (non-hydrogen) atoms. The fourth-order valence-corrected chi connectivity index (χ4v) is 4.57. The number of aryl methyl sites for hydroxylation is 4. The standard InChI is InChI=1S/C23H30F2N4S/c1-4-5-9-20-28-21-22(15(2)16(3)27-23(21)26)29(20)12-7-6-8-13-30-19-11-10-17(24)14-18(19)25/h10-11,14H,4-9,12-13H2,1-3H3,(H2,26,27). The lowest BCUT2D eigenvalue weighted by molar-refractivity contribution is 0.565. The molecule has 0 spiro atoms. The number of anilines is 1. The number of benzene rings is 1. The molecular formula is C23H30F2N4S. The van der Waals surface area contributed by atoms with Gasteiger partial charge in [-0.25, -0.2) is 18.7 Å². The molecule has 162 valence electrons. The Morgan fingerprint density at radius 1 is 1.07 bits per heavy atom. The molecular weight excluding hydrogens is 402 g/mol. The summed E-state index contributed by atoms with van der Waals surface area (Å²) in [5.74, 6) is 1.37. The van der Waals surface area contributed by atoms with Crippen LogP contribution >= 0.6 is 11.8 Å². The zero-order valence-electron chi connectivity index (χ0n) is 18.0. The van der Waals surface area contributed by atoms with Crippen molar-refractivity contribution in [1.29, 1.82) is 0 Å². The third kappa shape index (κ3) is 5.12. The maximum Gasteiger partial charge on any atom is 0.151 e. The van der Waals surface area contributed by atoms with E-state index in [1.807, 2.05) is 6.92 Å². The van der Waals surface area contributed by atoms with E-state index in [-0.39, 0.29) is 0 Å². The van der Waals surface area contributed by atoms with Crippen LogP contribution in [0.2, 0.25) is 0 Å². The lowest BCUT2D eigenvalue weighted by Gasteiger charge is -2.12. The molecule has 0 aliphatic carbocycles. The van der Waals surface area contributed by atoms with E-state index in [9.17, 15) is 8.78 Å². The molecule has 4 nitrogen and oxygen atoms in total. The molecule has 0 saturated carbocycles. The van der Waals surface area contributed by atoms with Gasteiger partial charge in [-0.2, -0.15) is 0 Å². The molecule has 0 fully saturated rings. The number of fused-ring (bicyclic) bond motifs is 1. The summed E-state index contributed by atoms with van der Waals surface area (Å²) in [5.41, 5.74) is 10.2. The molecule has 3 aromatic rings. The van der Waals surface area contributed by atoms with Gasteiger partial charge in [0.1, 0.15) is 23.0 Å². The number of aromatic nitrogens is 3. The van der Waals surface area contributed by atoms with Gasteiger partial charge in [0.15, 0.2) is 5.82 Å². The first-order chi connectivity index (χ1) is 14.4. The van der Waals surface area contributed by atoms with E-state index in [4.69, 9.17) is 10.7 Å². The van der Waals surface area contributed by atoms with Crippen LogP contribution in [0.5, 0.6) is 0 Å². The van der Waals surface area contributed by atoms with Crippen molar-refractivity contribution in [2.45, 2.75) is 70.7 Å². The van der Waals surface area contributed by atoms with Gasteiger partial charge >= 0.3 is 0 Å². The van der Waals surface area contributed by atoms with Crippen molar-refractivity contribution in [2.24, 2.45) is 0 Å². The Kier molecular flexibility index (Phi) is 7.69. The van der Waals surface area contributed by atoms with E-state index in [1.165, 1.54) is 23.9 Å². The van der Waals surface area contributed by atoms with Crippen LogP contribution in [-0.4, -0.2) is 20.3 Å². The van der Waals surface area contributed by atoms with Crippen molar-refractivity contribution in [3.63, 3.8) is 0 Å². The minimum absolute atomic E-state index is 0.484. The molecule has 3 rings (SSSR count). The Labute approximate surface area is 181 Å². The Balaban J connectivity index is 1.63. The van der Waals surface area contributed by atoms with Gasteiger partial charge in [-0.3, -0.25) is 0 Å². The van der Waals surface area contributed by atoms with Gasteiger partial charge in [-0.05, 0) is 56.6 Å². The molecule has 2 aromatic heterocycles. The summed E-state index contributed by atoms with van der Waals surface area (Å²) in [4.78, 5) is 9.77. The average molecular weight is 433 g/mol. The number of rotatable bonds is 10. The summed E-state index contributed by atoms with van der Waals surface area (Å²) in [5, 5.41) is 0. The molecule has 0 saturated heterocycles. The summed E-state index contributed by atoms with van der Waals surface area (Å²) in [6.07, 6.45) is 6.16. The molecule has 0 unspecified atom stereocenters. The minimum Gasteiger partial charge on any atom is -0.382 e. The monoisotopic (exact) mass is 432 g/mol. The first kappa shape index (κ1) is 22.5. The Bertz CT molecular complexity index is 1020. The van der Waals surface area contributed by atoms with E-state index in [0.717, 1.165) is 85.0 Å². The number of halogens is 2. The highest BCUT2D eigenvalue weighted by molar-refractivity contribution is 7.99. The SMILES string of the molecule is CCCCc1nc2c(N)nc(C)c(C)c2n1CCCCCSc1ccc(F)cc1F. The van der Waals surface area contributed by atoms with E-state index in [0.29, 0.717) is 10.7 Å². The van der Waals surface area contributed by atoms with Crippen LogP contribution in [0.4, 0.5) is 14.6 Å². The molecule has 2 N–H and O–H groups in total. The van der Waals surface area contributed by atoms with E-state index >= 15 is 0 Å². The second-order valence-electron chi connectivity index (χ2n) is 7.67. The second-order valence-corrected chi connectivity index (χ2v) is 8.81. The molecule has 2 heterocycles. The fourth-order valence-electron chi connectivity index (χ4n) is 3.64. The van der Waals surface area contributed by atoms with Crippen molar-refractivity contribution >= 4 is 28.6 Å². The molecule has 0 amide bonds. The molecule has 7 heteroatoms. The summed E-state index contributed by atoms with van der Waals surface area (Å²) in [6, 6.07) is 3.75. The van der Waals surface area contributed by atoms with Gasteiger partial charge < -0.3 is 10.3 Å². The highest BCUT2D eigenvalue weighted by Gasteiger charge is 2.17. The van der Waals surface area contributed by atoms with Crippen LogP contribution in [0.1, 0.15) is 56.1 Å². The van der Waals surface area contributed by atoms with Crippen LogP contribution in [-0.2, 0) is 13.0 Å². The largest absolute Gasteiger partial charge is 0.382 e. The topological polar surface area (TPSA) is 56.7 Å². The molecule has 0 radical (unpaired) electrons. The molecule has 0 aliphatic rings. The third-order valence-electron chi connectivity index (χ3n) is 5.41. The van der Waals surface area contributed by atoms with Crippen LogP contribution in [0.15, 0.2) is 23.1 Å². The number of unbranched alkanes of at least 4 members (excludes halogenated alkanes) is 3. The van der Waals surface area contributed by atoms with Crippen LogP contribution in [0.25, 0.3) is 11.0 Å². The van der Waals surface area contributed by atoms with E-state index < -0.39 is 11.6 Å². The Morgan fingerprint density at radius 3 is 2.60 bits per heavy atom. The normalized spacial score (nSPS) is 11.5. The number of imidazole rings is 1. The highest BCUT2D eigenvalue weighted by atomic mass is 32.2. The van der Waals surface area contributed by atoms with Crippen LogP contribution in [0.3, 0.4) is 0 Å². The average Bonchev–Trinajstić information content (AvgIpc) is 3.07. The predicted molar refractivity (Wildman–Crippen MR) is 121 cm³/mol. The number of nitrogens with zero attached hydrogens (tertiary/aromatic N) is 3. The smallest absolute Gasteiger partial charge is 0.151 e. The number of nitrogens with two attached hydrogens (primary N) is 1. The zero-order valence-corrected chi connectivity index (χ0v) is 18.8. The summed E-state index contributed by atoms with van der Waals surface area (Å²) < 4.78 is 29.0. The van der Waals surface area contributed by atoms with Crippen molar-refractivity contribution in [3.8, 4) is 0 Å². The van der Waals surface area contributed by atoms with Gasteiger partial charge in [0, 0.05) is 29.6 Å². The third-order valence-corrected chi connectivity index (χ3v) is 6.54. The fraction of sp³-hybridized carbons (Fsp3) is 0.478. The van der Waals surface area contributed by atoms with Gasteiger partial charge in [-0.1, -0.05) is 19.8 Å². The molecule has 0 bridgehead atoms. The number of hydrogen-bond acceptors (Lipinski definition) is 4. The molecule has 0 atom stereocenters.